The van der Waals surface area contributed by atoms with Crippen LogP contribution < -0.4 is 0 Å². The Morgan fingerprint density at radius 1 is 0.289 bits per heavy atom. The van der Waals surface area contributed by atoms with Gasteiger partial charge in [0.15, 0.2) is 12.2 Å². The zero-order chi connectivity index (χ0) is 71.2. The molecule has 0 aromatic rings. The van der Waals surface area contributed by atoms with Gasteiger partial charge in [0.2, 0.25) is 0 Å². The standard InChI is InChI=1S/C78H152O17P2/c1-6-10-13-16-19-22-24-26-28-30-31-32-33-34-36-38-40-42-48-53-58-63-77(82)94-74(68-89-76(81)62-57-52-47-41-39-37-35-29-27-25-23-20-17-14-11-7-2)70-93-97(86,87)91-66-72(79)65-90-96(84,85)92-69-73(67-88-75(80)61-56-51-46-21-18-15-12-8-3)95-78(83)64-59-54-49-44-43-45-50-55-60-71(5)9-4/h71-74,79H,6-70H2,1-5H3,(H,84,85)(H,86,87)/t71?,72-,73+,74+/m0/s1. The van der Waals surface area contributed by atoms with Gasteiger partial charge in [0.25, 0.3) is 0 Å². The van der Waals surface area contributed by atoms with Gasteiger partial charge in [0.1, 0.15) is 19.3 Å². The summed E-state index contributed by atoms with van der Waals surface area (Å²) in [7, 11) is -9.91. The van der Waals surface area contributed by atoms with Gasteiger partial charge in [-0.1, -0.05) is 362 Å². The fourth-order valence-corrected chi connectivity index (χ4v) is 13.6. The van der Waals surface area contributed by atoms with Crippen molar-refractivity contribution in [3.63, 3.8) is 0 Å². The van der Waals surface area contributed by atoms with Crippen LogP contribution in [0.2, 0.25) is 0 Å². The molecule has 0 fully saturated rings. The normalized spacial score (nSPS) is 14.2. The van der Waals surface area contributed by atoms with Gasteiger partial charge in [0, 0.05) is 25.7 Å². The van der Waals surface area contributed by atoms with Crippen LogP contribution in [0, 0.1) is 5.92 Å². The average Bonchev–Trinajstić information content (AvgIpc) is 1.29. The Morgan fingerprint density at radius 3 is 0.732 bits per heavy atom. The highest BCUT2D eigenvalue weighted by Crippen LogP contribution is 2.45. The molecule has 3 N–H and O–H groups in total. The number of ether oxygens (including phenoxy) is 4. The predicted molar refractivity (Wildman–Crippen MR) is 395 cm³/mol. The van der Waals surface area contributed by atoms with E-state index in [-0.39, 0.29) is 25.7 Å². The predicted octanol–water partition coefficient (Wildman–Crippen LogP) is 23.3. The van der Waals surface area contributed by atoms with E-state index >= 15 is 0 Å². The summed E-state index contributed by atoms with van der Waals surface area (Å²) in [5, 5.41) is 10.6. The average molecular weight is 1420 g/mol. The quantitative estimate of drug-likeness (QED) is 0.0222. The van der Waals surface area contributed by atoms with Crippen molar-refractivity contribution in [2.75, 3.05) is 39.6 Å². The molecule has 19 heteroatoms. The minimum absolute atomic E-state index is 0.105. The molecular weight excluding hydrogens is 1270 g/mol. The molecule has 576 valence electrons. The van der Waals surface area contributed by atoms with E-state index in [0.717, 1.165) is 102 Å². The van der Waals surface area contributed by atoms with E-state index in [1.165, 1.54) is 231 Å². The van der Waals surface area contributed by atoms with Crippen molar-refractivity contribution in [3.8, 4) is 0 Å². The Labute approximate surface area is 594 Å². The summed E-state index contributed by atoms with van der Waals surface area (Å²) < 4.78 is 68.5. The van der Waals surface area contributed by atoms with Gasteiger partial charge in [0.05, 0.1) is 26.4 Å². The number of hydrogen-bond acceptors (Lipinski definition) is 15. The molecule has 0 aliphatic rings. The van der Waals surface area contributed by atoms with E-state index in [0.29, 0.717) is 25.7 Å². The van der Waals surface area contributed by atoms with Crippen molar-refractivity contribution >= 4 is 39.5 Å². The maximum atomic E-state index is 13.1. The van der Waals surface area contributed by atoms with Gasteiger partial charge in [-0.15, -0.1) is 0 Å². The van der Waals surface area contributed by atoms with Crippen molar-refractivity contribution in [1.29, 1.82) is 0 Å². The molecule has 0 aliphatic carbocycles. The molecule has 0 spiro atoms. The Bertz CT molecular complexity index is 1860. The zero-order valence-corrected chi connectivity index (χ0v) is 65.0. The number of carbonyl (C=O) groups is 4. The first-order valence-electron chi connectivity index (χ1n) is 40.7. The Morgan fingerprint density at radius 2 is 0.495 bits per heavy atom. The third kappa shape index (κ3) is 70.9. The van der Waals surface area contributed by atoms with Gasteiger partial charge >= 0.3 is 39.5 Å². The molecule has 0 rings (SSSR count). The number of phosphoric ester groups is 2. The van der Waals surface area contributed by atoms with Crippen LogP contribution in [0.25, 0.3) is 0 Å². The summed E-state index contributed by atoms with van der Waals surface area (Å²) in [5.41, 5.74) is 0. The Kier molecular flexibility index (Phi) is 69.6. The van der Waals surface area contributed by atoms with E-state index in [1.807, 2.05) is 0 Å². The van der Waals surface area contributed by atoms with E-state index in [9.17, 15) is 43.2 Å². The molecule has 0 radical (unpaired) electrons. The fraction of sp³-hybridized carbons (Fsp3) is 0.949. The lowest BCUT2D eigenvalue weighted by Crippen LogP contribution is -2.30. The first-order valence-corrected chi connectivity index (χ1v) is 43.7. The second kappa shape index (κ2) is 71.1. The minimum Gasteiger partial charge on any atom is -0.462 e. The largest absolute Gasteiger partial charge is 0.472 e. The van der Waals surface area contributed by atoms with Gasteiger partial charge < -0.3 is 33.8 Å². The molecule has 6 atom stereocenters. The van der Waals surface area contributed by atoms with Crippen LogP contribution in [0.4, 0.5) is 0 Å². The number of carbonyl (C=O) groups excluding carboxylic acids is 4. The van der Waals surface area contributed by atoms with E-state index in [4.69, 9.17) is 37.0 Å². The SMILES string of the molecule is CCCCCCCCCCCCCCCCCCCCCCCC(=O)O[C@H](COC(=O)CCCCCCCCCCCCCCCCCC)COP(=O)(O)OC[C@@H](O)COP(=O)(O)OC[C@@H](COC(=O)CCCCCCCCCC)OC(=O)CCCCCCCCCCC(C)CC. The maximum Gasteiger partial charge on any atom is 0.472 e. The highest BCUT2D eigenvalue weighted by atomic mass is 31.2. The number of unbranched alkanes of at least 4 members (excludes halogenated alkanes) is 49. The molecular formula is C78H152O17P2. The lowest BCUT2D eigenvalue weighted by molar-refractivity contribution is -0.161. The first kappa shape index (κ1) is 95.1. The molecule has 3 unspecified atom stereocenters. The lowest BCUT2D eigenvalue weighted by Gasteiger charge is -2.21. The summed E-state index contributed by atoms with van der Waals surface area (Å²) >= 11 is 0. The molecule has 0 saturated heterocycles. The molecule has 0 bridgehead atoms. The number of rotatable bonds is 78. The van der Waals surface area contributed by atoms with Crippen LogP contribution in [-0.2, 0) is 65.4 Å². The number of aliphatic hydroxyl groups excluding tert-OH is 1. The molecule has 97 heavy (non-hydrogen) atoms. The van der Waals surface area contributed by atoms with E-state index < -0.39 is 97.5 Å². The van der Waals surface area contributed by atoms with Crippen molar-refractivity contribution in [1.82, 2.24) is 0 Å². The van der Waals surface area contributed by atoms with Crippen LogP contribution >= 0.6 is 15.6 Å². The second-order valence-electron chi connectivity index (χ2n) is 28.3. The fourth-order valence-electron chi connectivity index (χ4n) is 12.0. The summed E-state index contributed by atoms with van der Waals surface area (Å²) in [6, 6.07) is 0. The Balaban J connectivity index is 5.19. The molecule has 0 aromatic carbocycles. The number of hydrogen-bond donors (Lipinski definition) is 3. The zero-order valence-electron chi connectivity index (χ0n) is 63.2. The highest BCUT2D eigenvalue weighted by molar-refractivity contribution is 7.47. The topological polar surface area (TPSA) is 237 Å². The second-order valence-corrected chi connectivity index (χ2v) is 31.3. The summed E-state index contributed by atoms with van der Waals surface area (Å²) in [5.74, 6) is -1.35. The monoisotopic (exact) mass is 1420 g/mol. The van der Waals surface area contributed by atoms with Crippen molar-refractivity contribution < 1.29 is 80.2 Å². The summed E-state index contributed by atoms with van der Waals surface area (Å²) in [6.45, 7) is 7.27. The maximum absolute atomic E-state index is 13.1. The van der Waals surface area contributed by atoms with Crippen LogP contribution in [0.1, 0.15) is 413 Å². The molecule has 0 aromatic heterocycles. The highest BCUT2D eigenvalue weighted by Gasteiger charge is 2.30. The van der Waals surface area contributed by atoms with Crippen LogP contribution in [0.3, 0.4) is 0 Å². The molecule has 0 aliphatic heterocycles. The van der Waals surface area contributed by atoms with Crippen molar-refractivity contribution in [2.45, 2.75) is 432 Å². The molecule has 17 nitrogen and oxygen atoms in total. The van der Waals surface area contributed by atoms with Gasteiger partial charge in [-0.3, -0.25) is 37.3 Å². The van der Waals surface area contributed by atoms with Crippen molar-refractivity contribution in [2.24, 2.45) is 5.92 Å². The number of phosphoric acid groups is 2. The smallest absolute Gasteiger partial charge is 0.462 e. The van der Waals surface area contributed by atoms with E-state index in [1.54, 1.807) is 0 Å². The summed E-state index contributed by atoms with van der Waals surface area (Å²) in [4.78, 5) is 72.8. The molecule has 0 amide bonds. The third-order valence-corrected chi connectivity index (χ3v) is 20.5. The Hall–Kier alpha value is -1.94. The van der Waals surface area contributed by atoms with Gasteiger partial charge in [-0.25, -0.2) is 9.13 Å². The van der Waals surface area contributed by atoms with Crippen molar-refractivity contribution in [3.05, 3.63) is 0 Å². The molecule has 0 heterocycles. The number of aliphatic hydroxyl groups is 1. The first-order chi connectivity index (χ1) is 47.1. The van der Waals surface area contributed by atoms with Crippen LogP contribution in [0.15, 0.2) is 0 Å². The van der Waals surface area contributed by atoms with Gasteiger partial charge in [-0.05, 0) is 31.6 Å². The van der Waals surface area contributed by atoms with Gasteiger partial charge in [-0.2, -0.15) is 0 Å². The van der Waals surface area contributed by atoms with E-state index in [2.05, 4.69) is 34.6 Å². The summed E-state index contributed by atoms with van der Waals surface area (Å²) in [6.07, 6.45) is 61.2. The number of esters is 4. The minimum atomic E-state index is -4.96. The third-order valence-electron chi connectivity index (χ3n) is 18.6. The lowest BCUT2D eigenvalue weighted by atomic mass is 9.99. The molecule has 0 saturated carbocycles. The van der Waals surface area contributed by atoms with Crippen LogP contribution in [-0.4, -0.2) is 96.7 Å². The van der Waals surface area contributed by atoms with Crippen LogP contribution in [0.5, 0.6) is 0 Å².